The summed E-state index contributed by atoms with van der Waals surface area (Å²) in [7, 11) is 0. The van der Waals surface area contributed by atoms with Crippen molar-refractivity contribution in [2.24, 2.45) is 5.41 Å². The van der Waals surface area contributed by atoms with Crippen molar-refractivity contribution in [3.8, 4) is 22.3 Å². The zero-order valence-electron chi connectivity index (χ0n) is 49.5. The number of hydrogen-bond donors (Lipinski definition) is 0. The zero-order valence-corrected chi connectivity index (χ0v) is 49.5. The minimum absolute atomic E-state index is 0.0375. The third kappa shape index (κ3) is 7.46. The highest BCUT2D eigenvalue weighted by molar-refractivity contribution is 7.00. The molecule has 14 rings (SSSR count). The quantitative estimate of drug-likeness (QED) is 0.159. The second-order valence-electron chi connectivity index (χ2n) is 27.8. The van der Waals surface area contributed by atoms with E-state index < -0.39 is 0 Å². The Kier molecular flexibility index (Phi) is 11.1. The maximum absolute atomic E-state index is 2.81. The van der Waals surface area contributed by atoms with Crippen molar-refractivity contribution in [3.63, 3.8) is 0 Å². The summed E-state index contributed by atoms with van der Waals surface area (Å²) in [5.74, 6) is 0. The Hall–Kier alpha value is -7.56. The number of hydrogen-bond acceptors (Lipinski definition) is 3. The topological polar surface area (TPSA) is 9.72 Å². The van der Waals surface area contributed by atoms with E-state index in [2.05, 4.69) is 281 Å². The Balaban J connectivity index is 1.11. The summed E-state index contributed by atoms with van der Waals surface area (Å²) in [4.78, 5) is 8.17. The van der Waals surface area contributed by atoms with Gasteiger partial charge in [0.2, 0.25) is 0 Å². The van der Waals surface area contributed by atoms with Gasteiger partial charge >= 0.3 is 0 Å². The molecule has 3 heterocycles. The first-order valence-electron chi connectivity index (χ1n) is 29.6. The van der Waals surface area contributed by atoms with Gasteiger partial charge in [0.05, 0.1) is 16.9 Å². The molecular weight excluding hydrogens is 966 g/mol. The van der Waals surface area contributed by atoms with Crippen LogP contribution in [0.5, 0.6) is 0 Å². The second kappa shape index (κ2) is 17.5. The van der Waals surface area contributed by atoms with E-state index >= 15 is 0 Å². The molecule has 0 N–H and O–H groups in total. The van der Waals surface area contributed by atoms with Crippen molar-refractivity contribution >= 4 is 68.6 Å². The lowest BCUT2D eigenvalue weighted by atomic mass is 9.33. The second-order valence-corrected chi connectivity index (χ2v) is 27.8. The lowest BCUT2D eigenvalue weighted by molar-refractivity contribution is 0.245. The van der Waals surface area contributed by atoms with E-state index in [1.807, 2.05) is 0 Å². The number of benzene rings is 9. The molecule has 3 nitrogen and oxygen atoms in total. The number of anilines is 8. The lowest BCUT2D eigenvalue weighted by Crippen LogP contribution is -2.61. The highest BCUT2D eigenvalue weighted by atomic mass is 15.3. The van der Waals surface area contributed by atoms with Crippen LogP contribution in [-0.2, 0) is 41.0 Å². The zero-order chi connectivity index (χ0) is 55.6. The molecule has 0 bridgehead atoms. The molecule has 9 aromatic carbocycles. The van der Waals surface area contributed by atoms with E-state index in [1.54, 1.807) is 0 Å². The molecule has 9 aromatic rings. The fourth-order valence-electron chi connectivity index (χ4n) is 15.6. The Morgan fingerprint density at radius 1 is 0.450 bits per heavy atom. The third-order valence-electron chi connectivity index (χ3n) is 19.7. The van der Waals surface area contributed by atoms with E-state index in [-0.39, 0.29) is 33.9 Å². The standard InChI is InChI=1S/C76H76BN3/c1-47-36-49(3)71-61(37-47)75(12)35-34-52-26-20-21-27-60(52)76(75,13)80(71)57-30-33-66-63(44-57)77-62-40-53-45-74(10,11)46-54(53)41-67(62)79(65-32-29-56(73(7,8)9)43-59(65)51-24-18-15-19-25-51)69-39-48(2)38-68(70(69)77)78(66)64-31-28-55(72(4,5)6)42-58(64)50-22-16-14-17-23-50/h14-33,36-44H,34-35,45-46H2,1-13H3. The van der Waals surface area contributed by atoms with E-state index in [4.69, 9.17) is 0 Å². The van der Waals surface area contributed by atoms with Crippen molar-refractivity contribution in [3.05, 3.63) is 232 Å². The highest BCUT2D eigenvalue weighted by Gasteiger charge is 2.60. The summed E-state index contributed by atoms with van der Waals surface area (Å²) in [6.45, 7) is 31.0. The first kappa shape index (κ1) is 50.6. The number of aryl methyl sites for hydroxylation is 4. The van der Waals surface area contributed by atoms with Crippen molar-refractivity contribution in [1.29, 1.82) is 0 Å². The van der Waals surface area contributed by atoms with Crippen molar-refractivity contribution < 1.29 is 0 Å². The molecule has 0 spiro atoms. The minimum atomic E-state index is -0.352. The molecule has 398 valence electrons. The van der Waals surface area contributed by atoms with E-state index in [0.29, 0.717) is 0 Å². The van der Waals surface area contributed by atoms with Crippen LogP contribution < -0.4 is 31.1 Å². The van der Waals surface area contributed by atoms with Crippen LogP contribution in [0.3, 0.4) is 0 Å². The van der Waals surface area contributed by atoms with Crippen molar-refractivity contribution in [2.45, 2.75) is 137 Å². The SMILES string of the molecule is Cc1cc2c3c(c1)N(c1ccc(C(C)(C)C)cc1-c1ccccc1)c1cc4c(cc1B3c1cc(N3c5c(C)cc(C)cc5C5(C)CCc6ccccc6C35C)ccc1N2c1ccc(C(C)(C)C)cc1-c1ccccc1)CC(C)(C)C4. The van der Waals surface area contributed by atoms with Gasteiger partial charge in [0.15, 0.2) is 0 Å². The van der Waals surface area contributed by atoms with Gasteiger partial charge in [0, 0.05) is 50.7 Å². The average Bonchev–Trinajstić information content (AvgIpc) is 4.06. The Bertz CT molecular complexity index is 4040. The number of rotatable bonds is 5. The Labute approximate surface area is 477 Å². The summed E-state index contributed by atoms with van der Waals surface area (Å²) in [5.41, 5.74) is 32.6. The number of nitrogens with zero attached hydrogens (tertiary/aromatic N) is 3. The minimum Gasteiger partial charge on any atom is -0.330 e. The molecule has 3 aliphatic heterocycles. The first-order valence-corrected chi connectivity index (χ1v) is 29.6. The predicted molar refractivity (Wildman–Crippen MR) is 342 cm³/mol. The molecule has 0 radical (unpaired) electrons. The molecule has 2 unspecified atom stereocenters. The van der Waals surface area contributed by atoms with Crippen LogP contribution in [-0.4, -0.2) is 6.71 Å². The summed E-state index contributed by atoms with van der Waals surface area (Å²) in [6.07, 6.45) is 4.27. The summed E-state index contributed by atoms with van der Waals surface area (Å²) in [6, 6.07) is 69.2. The molecule has 80 heavy (non-hydrogen) atoms. The highest BCUT2D eigenvalue weighted by Crippen LogP contribution is 2.65. The fourth-order valence-corrected chi connectivity index (χ4v) is 15.6. The molecule has 2 atom stereocenters. The molecule has 4 heteroatoms. The molecule has 0 amide bonds. The Morgan fingerprint density at radius 3 is 1.57 bits per heavy atom. The molecule has 2 aliphatic carbocycles. The number of fused-ring (bicyclic) bond motifs is 10. The fraction of sp³-hybridized carbons (Fsp3) is 0.289. The molecule has 0 aromatic heterocycles. The largest absolute Gasteiger partial charge is 0.330 e. The molecule has 5 aliphatic rings. The van der Waals surface area contributed by atoms with Gasteiger partial charge in [-0.05, 0) is 208 Å². The van der Waals surface area contributed by atoms with Crippen LogP contribution in [0.25, 0.3) is 22.3 Å². The average molecular weight is 1040 g/mol. The van der Waals surface area contributed by atoms with Crippen molar-refractivity contribution in [2.75, 3.05) is 14.7 Å². The Morgan fingerprint density at radius 2 is 0.975 bits per heavy atom. The van der Waals surface area contributed by atoms with E-state index in [9.17, 15) is 0 Å². The first-order chi connectivity index (χ1) is 38.1. The summed E-state index contributed by atoms with van der Waals surface area (Å²) < 4.78 is 0. The van der Waals surface area contributed by atoms with Gasteiger partial charge in [-0.2, -0.15) is 0 Å². The van der Waals surface area contributed by atoms with Gasteiger partial charge in [0.25, 0.3) is 6.71 Å². The van der Waals surface area contributed by atoms with Gasteiger partial charge < -0.3 is 14.7 Å². The summed E-state index contributed by atoms with van der Waals surface area (Å²) in [5, 5.41) is 0. The van der Waals surface area contributed by atoms with Crippen LogP contribution in [0, 0.1) is 26.2 Å². The van der Waals surface area contributed by atoms with E-state index in [0.717, 1.165) is 25.7 Å². The van der Waals surface area contributed by atoms with E-state index in [1.165, 1.54) is 140 Å². The van der Waals surface area contributed by atoms with Gasteiger partial charge in [-0.15, -0.1) is 0 Å². The molecular formula is C76H76BN3. The molecule has 0 saturated heterocycles. The monoisotopic (exact) mass is 1040 g/mol. The van der Waals surface area contributed by atoms with Crippen LogP contribution in [0.15, 0.2) is 176 Å². The smallest absolute Gasteiger partial charge is 0.252 e. The normalized spacial score (nSPS) is 19.2. The van der Waals surface area contributed by atoms with Crippen molar-refractivity contribution in [1.82, 2.24) is 0 Å². The maximum atomic E-state index is 2.81. The van der Waals surface area contributed by atoms with Gasteiger partial charge in [0.1, 0.15) is 0 Å². The predicted octanol–water partition coefficient (Wildman–Crippen LogP) is 18.0. The maximum Gasteiger partial charge on any atom is 0.252 e. The van der Waals surface area contributed by atoms with Gasteiger partial charge in [-0.1, -0.05) is 183 Å². The van der Waals surface area contributed by atoms with Gasteiger partial charge in [-0.3, -0.25) is 0 Å². The summed E-state index contributed by atoms with van der Waals surface area (Å²) >= 11 is 0. The lowest BCUT2D eigenvalue weighted by Gasteiger charge is -2.51. The molecule has 0 fully saturated rings. The third-order valence-corrected chi connectivity index (χ3v) is 19.7. The van der Waals surface area contributed by atoms with Crippen LogP contribution in [0.4, 0.5) is 45.5 Å². The van der Waals surface area contributed by atoms with Crippen LogP contribution in [0.2, 0.25) is 0 Å². The van der Waals surface area contributed by atoms with Crippen LogP contribution >= 0.6 is 0 Å². The van der Waals surface area contributed by atoms with Gasteiger partial charge in [-0.25, -0.2) is 0 Å². The van der Waals surface area contributed by atoms with Crippen LogP contribution in [0.1, 0.15) is 131 Å². The molecule has 0 saturated carbocycles.